The number of aliphatic carboxylic acids is 1. The van der Waals surface area contributed by atoms with Gasteiger partial charge in [-0.2, -0.15) is 0 Å². The van der Waals surface area contributed by atoms with Crippen LogP contribution in [0.4, 0.5) is 5.69 Å². The first-order valence-corrected chi connectivity index (χ1v) is 9.05. The summed E-state index contributed by atoms with van der Waals surface area (Å²) in [6.45, 7) is 4.64. The Balaban J connectivity index is 1.92. The molecule has 1 aromatic carbocycles. The standard InChI is InChI=1S/C19H25N3O6/c1-11(2)8-13(19(26)27)21-16(23)9-20-17(24)10-22-14-6-4-5-7-15(14)28-12(3)18(22)25/h4-7,11-13H,8-10H2,1-3H3,(H,20,24)(H,21,23)(H,26,27)/t12?,13-/m0/s1. The fourth-order valence-electron chi connectivity index (χ4n) is 2.84. The van der Waals surface area contributed by atoms with Crippen molar-refractivity contribution in [1.82, 2.24) is 10.6 Å². The van der Waals surface area contributed by atoms with Gasteiger partial charge in [-0.15, -0.1) is 0 Å². The van der Waals surface area contributed by atoms with Crippen LogP contribution in [0, 0.1) is 5.92 Å². The zero-order chi connectivity index (χ0) is 20.8. The molecule has 1 heterocycles. The molecule has 3 N–H and O–H groups in total. The van der Waals surface area contributed by atoms with Gasteiger partial charge >= 0.3 is 5.97 Å². The molecule has 0 aromatic heterocycles. The van der Waals surface area contributed by atoms with Crippen molar-refractivity contribution < 1.29 is 29.0 Å². The zero-order valence-electron chi connectivity index (χ0n) is 16.1. The minimum atomic E-state index is -1.13. The lowest BCUT2D eigenvalue weighted by molar-refractivity contribution is -0.142. The Morgan fingerprint density at radius 1 is 1.21 bits per heavy atom. The van der Waals surface area contributed by atoms with Crippen LogP contribution in [0.5, 0.6) is 5.75 Å². The molecule has 3 amide bonds. The third-order valence-corrected chi connectivity index (χ3v) is 4.16. The van der Waals surface area contributed by atoms with Gasteiger partial charge in [0.15, 0.2) is 6.10 Å². The molecular formula is C19H25N3O6. The number of para-hydroxylation sites is 2. The second kappa shape index (κ2) is 9.20. The average molecular weight is 391 g/mol. The first-order valence-electron chi connectivity index (χ1n) is 9.05. The van der Waals surface area contributed by atoms with Crippen LogP contribution in [0.15, 0.2) is 24.3 Å². The van der Waals surface area contributed by atoms with Gasteiger partial charge in [0.2, 0.25) is 11.8 Å². The van der Waals surface area contributed by atoms with E-state index in [0.29, 0.717) is 11.4 Å². The van der Waals surface area contributed by atoms with Crippen LogP contribution in [-0.2, 0) is 19.2 Å². The van der Waals surface area contributed by atoms with Crippen molar-refractivity contribution in [2.45, 2.75) is 39.3 Å². The molecule has 0 radical (unpaired) electrons. The van der Waals surface area contributed by atoms with E-state index in [1.54, 1.807) is 31.2 Å². The smallest absolute Gasteiger partial charge is 0.326 e. The van der Waals surface area contributed by atoms with Gasteiger partial charge in [0.05, 0.1) is 12.2 Å². The highest BCUT2D eigenvalue weighted by atomic mass is 16.5. The predicted molar refractivity (Wildman–Crippen MR) is 101 cm³/mol. The second-order valence-electron chi connectivity index (χ2n) is 7.02. The number of hydrogen-bond donors (Lipinski definition) is 3. The summed E-state index contributed by atoms with van der Waals surface area (Å²) in [7, 11) is 0. The van der Waals surface area contributed by atoms with E-state index in [4.69, 9.17) is 9.84 Å². The molecule has 0 fully saturated rings. The molecule has 0 bridgehead atoms. The van der Waals surface area contributed by atoms with Gasteiger partial charge < -0.3 is 20.5 Å². The quantitative estimate of drug-likeness (QED) is 0.594. The normalized spacial score (nSPS) is 16.8. The number of fused-ring (bicyclic) bond motifs is 1. The summed E-state index contributed by atoms with van der Waals surface area (Å²) in [6, 6.07) is 5.85. The van der Waals surface area contributed by atoms with Crippen molar-refractivity contribution in [3.05, 3.63) is 24.3 Å². The lowest BCUT2D eigenvalue weighted by Gasteiger charge is -2.32. The van der Waals surface area contributed by atoms with E-state index in [1.165, 1.54) is 4.90 Å². The van der Waals surface area contributed by atoms with E-state index in [0.717, 1.165) is 0 Å². The third kappa shape index (κ3) is 5.45. The summed E-state index contributed by atoms with van der Waals surface area (Å²) >= 11 is 0. The second-order valence-corrected chi connectivity index (χ2v) is 7.02. The summed E-state index contributed by atoms with van der Waals surface area (Å²) in [5.74, 6) is -2.05. The topological polar surface area (TPSA) is 125 Å². The maximum absolute atomic E-state index is 12.4. The summed E-state index contributed by atoms with van der Waals surface area (Å²) < 4.78 is 5.51. The molecule has 1 aliphatic rings. The van der Waals surface area contributed by atoms with Crippen LogP contribution in [0.3, 0.4) is 0 Å². The Hall–Kier alpha value is -3.10. The Bertz CT molecular complexity index is 764. The maximum atomic E-state index is 12.4. The van der Waals surface area contributed by atoms with E-state index in [9.17, 15) is 19.2 Å². The van der Waals surface area contributed by atoms with Gasteiger partial charge in [-0.25, -0.2) is 4.79 Å². The summed E-state index contributed by atoms with van der Waals surface area (Å²) in [5, 5.41) is 14.0. The molecule has 152 valence electrons. The van der Waals surface area contributed by atoms with Crippen LogP contribution >= 0.6 is 0 Å². The number of carboxylic acid groups (broad SMARTS) is 1. The molecule has 2 atom stereocenters. The molecule has 1 unspecified atom stereocenters. The monoisotopic (exact) mass is 391 g/mol. The zero-order valence-corrected chi connectivity index (χ0v) is 16.1. The van der Waals surface area contributed by atoms with Crippen molar-refractivity contribution in [2.75, 3.05) is 18.0 Å². The number of carbonyl (C=O) groups is 4. The number of carbonyl (C=O) groups excluding carboxylic acids is 3. The lowest BCUT2D eigenvalue weighted by Crippen LogP contribution is -2.50. The lowest BCUT2D eigenvalue weighted by atomic mass is 10.0. The van der Waals surface area contributed by atoms with E-state index in [2.05, 4.69) is 10.6 Å². The molecule has 0 spiro atoms. The van der Waals surface area contributed by atoms with Gasteiger partial charge in [-0.05, 0) is 31.4 Å². The Morgan fingerprint density at radius 3 is 2.54 bits per heavy atom. The van der Waals surface area contributed by atoms with Crippen molar-refractivity contribution in [2.24, 2.45) is 5.92 Å². The Labute approximate surface area is 163 Å². The van der Waals surface area contributed by atoms with Crippen LogP contribution in [0.1, 0.15) is 27.2 Å². The highest BCUT2D eigenvalue weighted by molar-refractivity contribution is 6.04. The molecule has 1 aliphatic heterocycles. The van der Waals surface area contributed by atoms with E-state index >= 15 is 0 Å². The summed E-state index contributed by atoms with van der Waals surface area (Å²) in [4.78, 5) is 49.1. The number of anilines is 1. The van der Waals surface area contributed by atoms with Crippen molar-refractivity contribution >= 4 is 29.4 Å². The number of rotatable bonds is 8. The molecule has 1 aromatic rings. The number of nitrogens with zero attached hydrogens (tertiary/aromatic N) is 1. The van der Waals surface area contributed by atoms with Gasteiger partial charge in [0, 0.05) is 0 Å². The molecule has 28 heavy (non-hydrogen) atoms. The highest BCUT2D eigenvalue weighted by Gasteiger charge is 2.32. The fraction of sp³-hybridized carbons (Fsp3) is 0.474. The number of hydrogen-bond acceptors (Lipinski definition) is 5. The maximum Gasteiger partial charge on any atom is 0.326 e. The first kappa shape index (κ1) is 21.2. The Kier molecular flexibility index (Phi) is 6.97. The largest absolute Gasteiger partial charge is 0.480 e. The van der Waals surface area contributed by atoms with Gasteiger partial charge in [-0.1, -0.05) is 26.0 Å². The molecule has 0 saturated heterocycles. The molecular weight excluding hydrogens is 366 g/mol. The first-order chi connectivity index (χ1) is 13.2. The predicted octanol–water partition coefficient (Wildman–Crippen LogP) is 0.532. The molecule has 0 saturated carbocycles. The van der Waals surface area contributed by atoms with Crippen LogP contribution in [0.2, 0.25) is 0 Å². The van der Waals surface area contributed by atoms with Crippen LogP contribution in [-0.4, -0.2) is 54.0 Å². The fourth-order valence-corrected chi connectivity index (χ4v) is 2.84. The van der Waals surface area contributed by atoms with Gasteiger partial charge in [0.1, 0.15) is 18.3 Å². The molecule has 0 aliphatic carbocycles. The number of carboxylic acids is 1. The minimum Gasteiger partial charge on any atom is -0.480 e. The van der Waals surface area contributed by atoms with Gasteiger partial charge in [-0.3, -0.25) is 19.3 Å². The van der Waals surface area contributed by atoms with Gasteiger partial charge in [0.25, 0.3) is 5.91 Å². The summed E-state index contributed by atoms with van der Waals surface area (Å²) in [5.41, 5.74) is 0.480. The number of amides is 3. The molecule has 9 nitrogen and oxygen atoms in total. The van der Waals surface area contributed by atoms with Crippen molar-refractivity contribution in [1.29, 1.82) is 0 Å². The SMILES string of the molecule is CC(C)C[C@H](NC(=O)CNC(=O)CN1C(=O)C(C)Oc2ccccc21)C(=O)O. The van der Waals surface area contributed by atoms with Crippen LogP contribution in [0.25, 0.3) is 0 Å². The minimum absolute atomic E-state index is 0.0883. The number of nitrogens with one attached hydrogen (secondary N) is 2. The Morgan fingerprint density at radius 2 is 1.89 bits per heavy atom. The van der Waals surface area contributed by atoms with Crippen molar-refractivity contribution in [3.63, 3.8) is 0 Å². The van der Waals surface area contributed by atoms with Crippen molar-refractivity contribution in [3.8, 4) is 5.75 Å². The summed E-state index contributed by atoms with van der Waals surface area (Å²) in [6.07, 6.45) is -0.440. The molecule has 2 rings (SSSR count). The highest BCUT2D eigenvalue weighted by Crippen LogP contribution is 2.33. The third-order valence-electron chi connectivity index (χ3n) is 4.16. The molecule has 9 heteroatoms. The number of benzene rings is 1. The van der Waals surface area contributed by atoms with Crippen LogP contribution < -0.4 is 20.3 Å². The number of ether oxygens (including phenoxy) is 1. The van der Waals surface area contributed by atoms with E-state index < -0.39 is 29.9 Å². The van der Waals surface area contributed by atoms with E-state index in [1.807, 2.05) is 13.8 Å². The van der Waals surface area contributed by atoms with E-state index in [-0.39, 0.29) is 31.3 Å². The average Bonchev–Trinajstić information content (AvgIpc) is 2.62.